The molecule has 0 saturated heterocycles. The molecular weight excluding hydrogens is 392 g/mol. The number of nitro groups is 1. The summed E-state index contributed by atoms with van der Waals surface area (Å²) in [7, 11) is 0. The topological polar surface area (TPSA) is 87.8 Å². The van der Waals surface area contributed by atoms with Crippen LogP contribution in [-0.4, -0.2) is 29.1 Å². The predicted octanol–water partition coefficient (Wildman–Crippen LogP) is 5.17. The first-order chi connectivity index (χ1) is 14.6. The first kappa shape index (κ1) is 22.5. The van der Waals surface area contributed by atoms with E-state index in [9.17, 15) is 14.9 Å². The fourth-order valence-corrected chi connectivity index (χ4v) is 4.40. The first-order valence-corrected chi connectivity index (χ1v) is 10.6. The lowest BCUT2D eigenvalue weighted by molar-refractivity contribution is -0.384. The van der Waals surface area contributed by atoms with E-state index >= 15 is 0 Å². The Hall–Kier alpha value is -3.22. The number of nitro benzene ring substituents is 1. The highest BCUT2D eigenvalue weighted by Gasteiger charge is 2.36. The molecule has 7 heteroatoms. The fourth-order valence-electron chi connectivity index (χ4n) is 4.40. The van der Waals surface area contributed by atoms with Crippen molar-refractivity contribution in [2.75, 3.05) is 11.4 Å². The number of nitrogens with zero attached hydrogens (tertiary/aromatic N) is 3. The Morgan fingerprint density at radius 2 is 2.00 bits per heavy atom. The molecule has 0 aromatic heterocycles. The lowest BCUT2D eigenvalue weighted by atomic mass is 9.79. The maximum atomic E-state index is 12.3. The number of hydrazone groups is 1. The number of benzene rings is 2. The van der Waals surface area contributed by atoms with Crippen LogP contribution >= 0.6 is 0 Å². The van der Waals surface area contributed by atoms with Crippen LogP contribution in [0.2, 0.25) is 0 Å². The summed E-state index contributed by atoms with van der Waals surface area (Å²) in [6, 6.07) is 9.84. The summed E-state index contributed by atoms with van der Waals surface area (Å²) in [5.74, 6) is 0.0200. The molecule has 2 aromatic rings. The highest BCUT2D eigenvalue weighted by Crippen LogP contribution is 2.44. The number of fused-ring (bicyclic) bond motifs is 1. The number of nitrogens with one attached hydrogen (secondary N) is 1. The van der Waals surface area contributed by atoms with Crippen molar-refractivity contribution in [3.8, 4) is 0 Å². The van der Waals surface area contributed by atoms with Crippen LogP contribution in [0.5, 0.6) is 0 Å². The number of hydrogen-bond acceptors (Lipinski definition) is 5. The third kappa shape index (κ3) is 4.76. The number of carbonyl (C=O) groups is 1. The molecule has 1 atom stereocenters. The summed E-state index contributed by atoms with van der Waals surface area (Å²) >= 11 is 0. The molecule has 7 nitrogen and oxygen atoms in total. The summed E-state index contributed by atoms with van der Waals surface area (Å²) < 4.78 is 0. The van der Waals surface area contributed by atoms with Gasteiger partial charge in [-0.3, -0.25) is 14.9 Å². The SMILES string of the molecule is CCCN1c2cc(C)c(/C=N\NC(=O)c3ccc([N+](=O)[O-])cc3)cc2C(C)CC1(C)C. The van der Waals surface area contributed by atoms with Crippen molar-refractivity contribution in [1.29, 1.82) is 0 Å². The largest absolute Gasteiger partial charge is 0.366 e. The summed E-state index contributed by atoms with van der Waals surface area (Å²) in [5, 5.41) is 14.9. The second-order valence-corrected chi connectivity index (χ2v) is 8.84. The number of rotatable bonds is 6. The monoisotopic (exact) mass is 422 g/mol. The molecule has 31 heavy (non-hydrogen) atoms. The Morgan fingerprint density at radius 3 is 2.61 bits per heavy atom. The Labute approximate surface area is 183 Å². The Balaban J connectivity index is 1.79. The minimum Gasteiger partial charge on any atom is -0.366 e. The van der Waals surface area contributed by atoms with Gasteiger partial charge in [0.2, 0.25) is 0 Å². The Kier molecular flexibility index (Phi) is 6.43. The second kappa shape index (κ2) is 8.88. The molecule has 1 heterocycles. The average molecular weight is 423 g/mol. The molecule has 1 unspecified atom stereocenters. The third-order valence-corrected chi connectivity index (χ3v) is 5.93. The van der Waals surface area contributed by atoms with Crippen LogP contribution < -0.4 is 10.3 Å². The van der Waals surface area contributed by atoms with E-state index in [1.807, 2.05) is 0 Å². The van der Waals surface area contributed by atoms with Gasteiger partial charge in [-0.25, -0.2) is 5.43 Å². The molecule has 0 aliphatic carbocycles. The maximum absolute atomic E-state index is 12.3. The van der Waals surface area contributed by atoms with Gasteiger partial charge in [0, 0.05) is 35.5 Å². The van der Waals surface area contributed by atoms with E-state index in [0.29, 0.717) is 11.5 Å². The molecule has 1 aliphatic heterocycles. The molecule has 0 saturated carbocycles. The first-order valence-electron chi connectivity index (χ1n) is 10.6. The van der Waals surface area contributed by atoms with Crippen LogP contribution in [0.4, 0.5) is 11.4 Å². The molecule has 0 bridgehead atoms. The van der Waals surface area contributed by atoms with E-state index in [1.165, 1.54) is 35.5 Å². The van der Waals surface area contributed by atoms with Crippen molar-refractivity contribution in [2.45, 2.75) is 58.9 Å². The minimum atomic E-state index is -0.498. The summed E-state index contributed by atoms with van der Waals surface area (Å²) in [5.41, 5.74) is 7.53. The standard InChI is InChI=1S/C24H30N4O3/c1-6-11-27-22-12-16(2)19(13-21(22)17(3)14-24(27,4)5)15-25-26-23(29)18-7-9-20(10-8-18)28(30)31/h7-10,12-13,15,17H,6,11,14H2,1-5H3,(H,26,29)/b25-15-. The van der Waals surface area contributed by atoms with E-state index in [-0.39, 0.29) is 11.2 Å². The van der Waals surface area contributed by atoms with E-state index in [1.54, 1.807) is 6.21 Å². The Morgan fingerprint density at radius 1 is 1.32 bits per heavy atom. The van der Waals surface area contributed by atoms with Crippen LogP contribution in [0.1, 0.15) is 73.5 Å². The molecule has 1 aliphatic rings. The zero-order chi connectivity index (χ0) is 22.8. The van der Waals surface area contributed by atoms with Crippen LogP contribution in [0, 0.1) is 17.0 Å². The summed E-state index contributed by atoms with van der Waals surface area (Å²) in [4.78, 5) is 25.0. The van der Waals surface area contributed by atoms with Crippen molar-refractivity contribution < 1.29 is 9.72 Å². The number of amides is 1. The van der Waals surface area contributed by atoms with E-state index in [2.05, 4.69) is 62.2 Å². The molecule has 0 spiro atoms. The summed E-state index contributed by atoms with van der Waals surface area (Å²) in [6.45, 7) is 12.1. The van der Waals surface area contributed by atoms with Gasteiger partial charge in [-0.15, -0.1) is 0 Å². The molecule has 1 amide bonds. The van der Waals surface area contributed by atoms with Gasteiger partial charge in [0.05, 0.1) is 11.1 Å². The molecule has 164 valence electrons. The normalized spacial score (nSPS) is 17.5. The van der Waals surface area contributed by atoms with Crippen molar-refractivity contribution in [3.05, 3.63) is 68.8 Å². The van der Waals surface area contributed by atoms with Gasteiger partial charge >= 0.3 is 0 Å². The lowest BCUT2D eigenvalue weighted by Crippen LogP contribution is -2.48. The van der Waals surface area contributed by atoms with Crippen LogP contribution in [0.25, 0.3) is 0 Å². The Bertz CT molecular complexity index is 1010. The highest BCUT2D eigenvalue weighted by atomic mass is 16.6. The van der Waals surface area contributed by atoms with Crippen LogP contribution in [-0.2, 0) is 0 Å². The van der Waals surface area contributed by atoms with E-state index in [0.717, 1.165) is 30.5 Å². The van der Waals surface area contributed by atoms with Crippen molar-refractivity contribution in [2.24, 2.45) is 5.10 Å². The van der Waals surface area contributed by atoms with E-state index < -0.39 is 10.8 Å². The van der Waals surface area contributed by atoms with Gasteiger partial charge in [-0.05, 0) is 80.5 Å². The van der Waals surface area contributed by atoms with Gasteiger partial charge in [0.25, 0.3) is 11.6 Å². The van der Waals surface area contributed by atoms with E-state index in [4.69, 9.17) is 0 Å². The van der Waals surface area contributed by atoms with Gasteiger partial charge < -0.3 is 4.90 Å². The average Bonchev–Trinajstić information content (AvgIpc) is 2.71. The van der Waals surface area contributed by atoms with Crippen LogP contribution in [0.3, 0.4) is 0 Å². The van der Waals surface area contributed by atoms with Crippen molar-refractivity contribution in [1.82, 2.24) is 5.43 Å². The minimum absolute atomic E-state index is 0.0563. The number of aryl methyl sites for hydroxylation is 1. The zero-order valence-corrected chi connectivity index (χ0v) is 18.8. The van der Waals surface area contributed by atoms with Gasteiger partial charge in [-0.2, -0.15) is 5.10 Å². The van der Waals surface area contributed by atoms with Gasteiger partial charge in [0.1, 0.15) is 0 Å². The number of hydrogen-bond donors (Lipinski definition) is 1. The lowest BCUT2D eigenvalue weighted by Gasteiger charge is -2.48. The van der Waals surface area contributed by atoms with Gasteiger partial charge in [-0.1, -0.05) is 13.8 Å². The molecule has 3 rings (SSSR count). The predicted molar refractivity (Wildman–Crippen MR) is 124 cm³/mol. The number of non-ortho nitro benzene ring substituents is 1. The summed E-state index contributed by atoms with van der Waals surface area (Å²) in [6.07, 6.45) is 3.83. The quantitative estimate of drug-likeness (QED) is 0.395. The third-order valence-electron chi connectivity index (χ3n) is 5.93. The van der Waals surface area contributed by atoms with Crippen molar-refractivity contribution in [3.63, 3.8) is 0 Å². The fraction of sp³-hybridized carbons (Fsp3) is 0.417. The highest BCUT2D eigenvalue weighted by molar-refractivity contribution is 5.95. The molecule has 0 fully saturated rings. The number of anilines is 1. The van der Waals surface area contributed by atoms with Crippen molar-refractivity contribution >= 4 is 23.5 Å². The molecule has 0 radical (unpaired) electrons. The molecule has 1 N–H and O–H groups in total. The second-order valence-electron chi connectivity index (χ2n) is 8.84. The molecular formula is C24H30N4O3. The van der Waals surface area contributed by atoms with Gasteiger partial charge in [0.15, 0.2) is 0 Å². The maximum Gasteiger partial charge on any atom is 0.271 e. The smallest absolute Gasteiger partial charge is 0.271 e. The molecule has 2 aromatic carbocycles. The van der Waals surface area contributed by atoms with Crippen LogP contribution in [0.15, 0.2) is 41.5 Å². The number of carbonyl (C=O) groups excluding carboxylic acids is 1. The zero-order valence-electron chi connectivity index (χ0n) is 18.8.